The molecule has 1 aliphatic rings. The van der Waals surface area contributed by atoms with Crippen molar-refractivity contribution in [2.45, 2.75) is 26.7 Å². The largest absolute Gasteiger partial charge is 0.478 e. The monoisotopic (exact) mass is 503 g/mol. The zero-order valence-corrected chi connectivity index (χ0v) is 21.9. The zero-order chi connectivity index (χ0) is 26.8. The van der Waals surface area contributed by atoms with Crippen molar-refractivity contribution < 1.29 is 19.1 Å². The Morgan fingerprint density at radius 3 is 2.53 bits per heavy atom. The van der Waals surface area contributed by atoms with Crippen LogP contribution in [0.2, 0.25) is 0 Å². The Labute approximate surface area is 215 Å². The fraction of sp³-hybridized carbons (Fsp3) is 0.481. The third-order valence-corrected chi connectivity index (χ3v) is 5.67. The lowest BCUT2D eigenvalue weighted by molar-refractivity contribution is -0.130. The van der Waals surface area contributed by atoms with Gasteiger partial charge in [-0.15, -0.1) is 6.58 Å². The van der Waals surface area contributed by atoms with Crippen molar-refractivity contribution >= 4 is 23.5 Å². The normalized spacial score (nSPS) is 14.2. The molecule has 3 N–H and O–H groups in total. The van der Waals surface area contributed by atoms with Crippen molar-refractivity contribution in [1.29, 1.82) is 0 Å². The van der Waals surface area contributed by atoms with Gasteiger partial charge in [-0.2, -0.15) is 0 Å². The van der Waals surface area contributed by atoms with E-state index in [1.807, 2.05) is 11.0 Å². The lowest BCUT2D eigenvalue weighted by Crippen LogP contribution is -2.47. The number of carbonyl (C=O) groups excluding carboxylic acids is 1. The van der Waals surface area contributed by atoms with Crippen LogP contribution in [0.5, 0.6) is 0 Å². The molecule has 0 amide bonds. The van der Waals surface area contributed by atoms with Crippen LogP contribution in [0.1, 0.15) is 32.3 Å². The molecule has 1 heterocycles. The fourth-order valence-electron chi connectivity index (χ4n) is 3.81. The van der Waals surface area contributed by atoms with Gasteiger partial charge in [0.05, 0.1) is 17.9 Å². The summed E-state index contributed by atoms with van der Waals surface area (Å²) in [5.41, 5.74) is 0.894. The van der Waals surface area contributed by atoms with E-state index in [-0.39, 0.29) is 5.57 Å². The Morgan fingerprint density at radius 1 is 1.28 bits per heavy atom. The average Bonchev–Trinajstić information content (AvgIpc) is 2.86. The van der Waals surface area contributed by atoms with Gasteiger partial charge in [0.15, 0.2) is 0 Å². The van der Waals surface area contributed by atoms with E-state index in [1.54, 1.807) is 19.2 Å². The first-order valence-corrected chi connectivity index (χ1v) is 12.4. The predicted molar refractivity (Wildman–Crippen MR) is 145 cm³/mol. The number of benzene rings is 1. The van der Waals surface area contributed by atoms with Crippen LogP contribution in [0.25, 0.3) is 5.57 Å². The molecule has 0 radical (unpaired) electrons. The predicted octanol–water partition coefficient (Wildman–Crippen LogP) is 3.15. The number of anilines is 1. The number of hydrogen-bond donors (Lipinski definition) is 3. The molecule has 9 heteroatoms. The highest BCUT2D eigenvalue weighted by atomic mass is 19.1. The van der Waals surface area contributed by atoms with Crippen molar-refractivity contribution in [1.82, 2.24) is 20.4 Å². The number of carboxylic acid groups (broad SMARTS) is 1. The van der Waals surface area contributed by atoms with Gasteiger partial charge in [-0.25, -0.2) is 9.18 Å². The van der Waals surface area contributed by atoms with Crippen LogP contribution in [0.3, 0.4) is 0 Å². The summed E-state index contributed by atoms with van der Waals surface area (Å²) in [5, 5.41) is 15.2. The van der Waals surface area contributed by atoms with Gasteiger partial charge < -0.3 is 30.3 Å². The molecule has 0 unspecified atom stereocenters. The quantitative estimate of drug-likeness (QED) is 0.117. The summed E-state index contributed by atoms with van der Waals surface area (Å²) in [4.78, 5) is 27.1. The van der Waals surface area contributed by atoms with E-state index in [0.29, 0.717) is 17.9 Å². The van der Waals surface area contributed by atoms with Gasteiger partial charge in [-0.1, -0.05) is 18.2 Å². The second-order valence-electron chi connectivity index (χ2n) is 8.22. The molecule has 1 fully saturated rings. The molecule has 1 aromatic rings. The first kappa shape index (κ1) is 30.9. The maximum Gasteiger partial charge on any atom is 0.337 e. The van der Waals surface area contributed by atoms with E-state index < -0.39 is 11.8 Å². The summed E-state index contributed by atoms with van der Waals surface area (Å²) in [5.74, 6) is -1.50. The number of rotatable bonds is 14. The summed E-state index contributed by atoms with van der Waals surface area (Å²) in [6, 6.07) is 4.66. The topological polar surface area (TPSA) is 88.2 Å². The van der Waals surface area contributed by atoms with Gasteiger partial charge >= 0.3 is 5.97 Å². The van der Waals surface area contributed by atoms with Crippen LogP contribution in [-0.4, -0.2) is 86.7 Å². The second kappa shape index (κ2) is 18.1. The lowest BCUT2D eigenvalue weighted by Gasteiger charge is -2.36. The number of nitrogens with one attached hydrogen (secondary N) is 2. The number of hydrogen-bond acceptors (Lipinski definition) is 7. The van der Waals surface area contributed by atoms with Crippen LogP contribution < -0.4 is 15.5 Å². The minimum Gasteiger partial charge on any atom is -0.478 e. The van der Waals surface area contributed by atoms with Gasteiger partial charge in [0.25, 0.3) is 0 Å². The highest BCUT2D eigenvalue weighted by molar-refractivity contribution is 6.15. The Morgan fingerprint density at radius 2 is 1.97 bits per heavy atom. The summed E-state index contributed by atoms with van der Waals surface area (Å²) in [6.07, 6.45) is 10.3. The Kier molecular flexibility index (Phi) is 15.6. The standard InChI is InChI=1S/C25H38FN5O2.C2H4O/c1-4-6-7-11-29(5-2)12-8-13-30-14-16-31(17-15-30)24-10-9-21(18-23(24)26)22(25(32)33)19-28-20-27-3;1-2-3/h4,7,9-11,18-19,27-28H,1,5-6,8,12-17,20H2,2-3H3,(H,32,33);2H,1H3/b11-7-,22-19-;. The van der Waals surface area contributed by atoms with E-state index in [9.17, 15) is 14.3 Å². The number of aldehydes is 1. The van der Waals surface area contributed by atoms with Crippen LogP contribution >= 0.6 is 0 Å². The number of carboxylic acids is 1. The summed E-state index contributed by atoms with van der Waals surface area (Å²) < 4.78 is 14.9. The fourth-order valence-corrected chi connectivity index (χ4v) is 3.81. The van der Waals surface area contributed by atoms with E-state index in [1.165, 1.54) is 19.2 Å². The Hall–Kier alpha value is -3.17. The molecular weight excluding hydrogens is 461 g/mol. The zero-order valence-electron chi connectivity index (χ0n) is 21.9. The van der Waals surface area contributed by atoms with Crippen molar-refractivity contribution in [2.24, 2.45) is 0 Å². The Balaban J connectivity index is 0.00000205. The molecule has 200 valence electrons. The molecule has 0 aromatic heterocycles. The van der Waals surface area contributed by atoms with Crippen molar-refractivity contribution in [2.75, 3.05) is 64.4 Å². The number of halogens is 1. The molecule has 0 atom stereocenters. The molecule has 2 rings (SSSR count). The number of aliphatic carboxylic acids is 1. The van der Waals surface area contributed by atoms with E-state index in [0.717, 1.165) is 64.9 Å². The van der Waals surface area contributed by atoms with E-state index in [2.05, 4.69) is 46.2 Å². The van der Waals surface area contributed by atoms with Gasteiger partial charge in [0.1, 0.15) is 12.1 Å². The lowest BCUT2D eigenvalue weighted by atomic mass is 10.1. The average molecular weight is 504 g/mol. The van der Waals surface area contributed by atoms with E-state index in [4.69, 9.17) is 4.79 Å². The summed E-state index contributed by atoms with van der Waals surface area (Å²) >= 11 is 0. The van der Waals surface area contributed by atoms with Gasteiger partial charge in [0, 0.05) is 45.5 Å². The third kappa shape index (κ3) is 11.0. The van der Waals surface area contributed by atoms with E-state index >= 15 is 0 Å². The molecule has 8 nitrogen and oxygen atoms in total. The minimum absolute atomic E-state index is 0.0287. The first-order chi connectivity index (χ1) is 17.4. The van der Waals surface area contributed by atoms with Gasteiger partial charge in [0.2, 0.25) is 0 Å². The molecule has 0 aliphatic carbocycles. The molecule has 0 bridgehead atoms. The molecule has 0 spiro atoms. The molecule has 1 aromatic carbocycles. The van der Waals surface area contributed by atoms with Crippen LogP contribution in [0.4, 0.5) is 10.1 Å². The number of nitrogens with zero attached hydrogens (tertiary/aromatic N) is 3. The highest BCUT2D eigenvalue weighted by Crippen LogP contribution is 2.25. The SMILES string of the molecule is C=CC/C=C\N(CC)CCCN1CCN(c2ccc(/C(=C/NCNC)C(=O)O)cc2F)CC1.CC=O. The van der Waals surface area contributed by atoms with Crippen LogP contribution in [0.15, 0.2) is 49.3 Å². The van der Waals surface area contributed by atoms with Crippen LogP contribution in [0, 0.1) is 5.82 Å². The first-order valence-electron chi connectivity index (χ1n) is 12.4. The van der Waals surface area contributed by atoms with Gasteiger partial charge in [-0.3, -0.25) is 4.90 Å². The molecule has 1 saturated heterocycles. The Bertz CT molecular complexity index is 867. The highest BCUT2D eigenvalue weighted by Gasteiger charge is 2.21. The minimum atomic E-state index is -1.10. The third-order valence-electron chi connectivity index (χ3n) is 5.67. The smallest absolute Gasteiger partial charge is 0.337 e. The van der Waals surface area contributed by atoms with Crippen molar-refractivity contribution in [3.63, 3.8) is 0 Å². The number of piperazine rings is 1. The molecule has 1 aliphatic heterocycles. The van der Waals surface area contributed by atoms with Crippen molar-refractivity contribution in [3.8, 4) is 0 Å². The summed E-state index contributed by atoms with van der Waals surface area (Å²) in [6.45, 7) is 14.0. The summed E-state index contributed by atoms with van der Waals surface area (Å²) in [7, 11) is 1.75. The van der Waals surface area contributed by atoms with Gasteiger partial charge in [-0.05, 0) is 64.2 Å². The molecule has 36 heavy (non-hydrogen) atoms. The number of carbonyl (C=O) groups is 2. The maximum absolute atomic E-state index is 14.9. The number of allylic oxidation sites excluding steroid dienone is 2. The maximum atomic E-state index is 14.9. The molecule has 0 saturated carbocycles. The molecular formula is C27H42FN5O3. The van der Waals surface area contributed by atoms with Crippen molar-refractivity contribution in [3.05, 3.63) is 60.7 Å². The van der Waals surface area contributed by atoms with Crippen LogP contribution in [-0.2, 0) is 9.59 Å². The second-order valence-corrected chi connectivity index (χ2v) is 8.22.